The van der Waals surface area contributed by atoms with Gasteiger partial charge in [-0.1, -0.05) is 22.6 Å². The summed E-state index contributed by atoms with van der Waals surface area (Å²) >= 11 is 2.46. The first kappa shape index (κ1) is 9.74. The standard InChI is InChI=1S/C8H17IN2/c1-8(2,3)11-6-10-5-7(11)4-9/h7,10H,4-6H2,1-3H3. The lowest BCUT2D eigenvalue weighted by Crippen LogP contribution is -2.46. The second-order valence-corrected chi connectivity index (χ2v) is 4.94. The van der Waals surface area contributed by atoms with Crippen LogP contribution in [0.1, 0.15) is 20.8 Å². The second-order valence-electron chi connectivity index (χ2n) is 4.06. The quantitative estimate of drug-likeness (QED) is 0.572. The van der Waals surface area contributed by atoms with Crippen molar-refractivity contribution in [3.63, 3.8) is 0 Å². The van der Waals surface area contributed by atoms with Crippen molar-refractivity contribution in [2.45, 2.75) is 32.4 Å². The zero-order valence-corrected chi connectivity index (χ0v) is 9.68. The molecule has 1 saturated heterocycles. The number of nitrogens with zero attached hydrogens (tertiary/aromatic N) is 1. The maximum Gasteiger partial charge on any atom is 0.0489 e. The molecule has 1 rings (SSSR count). The van der Waals surface area contributed by atoms with Gasteiger partial charge in [0, 0.05) is 29.2 Å². The summed E-state index contributed by atoms with van der Waals surface area (Å²) in [6.45, 7) is 9.04. The summed E-state index contributed by atoms with van der Waals surface area (Å²) in [4.78, 5) is 2.53. The minimum absolute atomic E-state index is 0.319. The van der Waals surface area contributed by atoms with Crippen LogP contribution in [0.25, 0.3) is 0 Å². The molecule has 11 heavy (non-hydrogen) atoms. The molecule has 1 heterocycles. The molecule has 1 unspecified atom stereocenters. The van der Waals surface area contributed by atoms with Crippen molar-refractivity contribution in [2.75, 3.05) is 17.6 Å². The summed E-state index contributed by atoms with van der Waals surface area (Å²) in [6.07, 6.45) is 0. The highest BCUT2D eigenvalue weighted by atomic mass is 127. The van der Waals surface area contributed by atoms with Crippen LogP contribution in [0.2, 0.25) is 0 Å². The molecule has 1 fully saturated rings. The van der Waals surface area contributed by atoms with Crippen LogP contribution < -0.4 is 5.32 Å². The minimum atomic E-state index is 0.319. The number of hydrogen-bond acceptors (Lipinski definition) is 2. The van der Waals surface area contributed by atoms with Gasteiger partial charge in [-0.3, -0.25) is 4.90 Å². The fourth-order valence-electron chi connectivity index (χ4n) is 1.51. The van der Waals surface area contributed by atoms with Crippen LogP contribution in [-0.4, -0.2) is 34.1 Å². The van der Waals surface area contributed by atoms with Gasteiger partial charge >= 0.3 is 0 Å². The molecule has 0 saturated carbocycles. The average Bonchev–Trinajstić information content (AvgIpc) is 2.31. The van der Waals surface area contributed by atoms with E-state index in [1.165, 1.54) is 4.43 Å². The van der Waals surface area contributed by atoms with Crippen molar-refractivity contribution in [2.24, 2.45) is 0 Å². The maximum atomic E-state index is 3.40. The van der Waals surface area contributed by atoms with Crippen molar-refractivity contribution in [1.29, 1.82) is 0 Å². The lowest BCUT2D eigenvalue weighted by atomic mass is 10.1. The fraction of sp³-hybridized carbons (Fsp3) is 1.00. The molecule has 0 bridgehead atoms. The summed E-state index contributed by atoms with van der Waals surface area (Å²) in [6, 6.07) is 0.732. The lowest BCUT2D eigenvalue weighted by Gasteiger charge is -2.35. The Bertz CT molecular complexity index is 131. The largest absolute Gasteiger partial charge is 0.303 e. The van der Waals surface area contributed by atoms with Gasteiger partial charge in [0.05, 0.1) is 0 Å². The summed E-state index contributed by atoms with van der Waals surface area (Å²) in [5.41, 5.74) is 0.319. The van der Waals surface area contributed by atoms with E-state index in [9.17, 15) is 0 Å². The van der Waals surface area contributed by atoms with Crippen molar-refractivity contribution < 1.29 is 0 Å². The fourth-order valence-corrected chi connectivity index (χ4v) is 2.30. The molecule has 0 aromatic heterocycles. The zero-order valence-electron chi connectivity index (χ0n) is 7.52. The van der Waals surface area contributed by atoms with Crippen LogP contribution in [0.4, 0.5) is 0 Å². The van der Waals surface area contributed by atoms with E-state index in [1.54, 1.807) is 0 Å². The van der Waals surface area contributed by atoms with Gasteiger partial charge in [-0.25, -0.2) is 0 Å². The Morgan fingerprint density at radius 2 is 2.18 bits per heavy atom. The summed E-state index contributed by atoms with van der Waals surface area (Å²) < 4.78 is 1.22. The number of hydrogen-bond donors (Lipinski definition) is 1. The van der Waals surface area contributed by atoms with E-state index in [0.717, 1.165) is 19.3 Å². The van der Waals surface area contributed by atoms with Gasteiger partial charge in [0.1, 0.15) is 0 Å². The van der Waals surface area contributed by atoms with Gasteiger partial charge in [-0.05, 0) is 20.8 Å². The van der Waals surface area contributed by atoms with E-state index >= 15 is 0 Å². The number of nitrogens with one attached hydrogen (secondary N) is 1. The normalized spacial score (nSPS) is 27.8. The molecule has 0 radical (unpaired) electrons. The molecule has 0 amide bonds. The highest BCUT2D eigenvalue weighted by molar-refractivity contribution is 14.1. The van der Waals surface area contributed by atoms with E-state index < -0.39 is 0 Å². The van der Waals surface area contributed by atoms with Crippen LogP contribution in [0.5, 0.6) is 0 Å². The van der Waals surface area contributed by atoms with Crippen molar-refractivity contribution in [3.8, 4) is 0 Å². The van der Waals surface area contributed by atoms with E-state index in [-0.39, 0.29) is 0 Å². The Morgan fingerprint density at radius 3 is 2.55 bits per heavy atom. The van der Waals surface area contributed by atoms with Crippen LogP contribution in [0.3, 0.4) is 0 Å². The first-order chi connectivity index (χ1) is 5.05. The topological polar surface area (TPSA) is 15.3 Å². The Morgan fingerprint density at radius 1 is 1.55 bits per heavy atom. The van der Waals surface area contributed by atoms with Gasteiger partial charge in [0.15, 0.2) is 0 Å². The van der Waals surface area contributed by atoms with Gasteiger partial charge in [0.25, 0.3) is 0 Å². The third kappa shape index (κ3) is 2.29. The first-order valence-electron chi connectivity index (χ1n) is 4.09. The Balaban J connectivity index is 2.57. The smallest absolute Gasteiger partial charge is 0.0489 e. The Kier molecular flexibility index (Phi) is 3.17. The summed E-state index contributed by atoms with van der Waals surface area (Å²) in [5, 5.41) is 3.40. The third-order valence-corrected chi connectivity index (χ3v) is 3.16. The molecule has 1 N–H and O–H groups in total. The van der Waals surface area contributed by atoms with Crippen molar-refractivity contribution in [1.82, 2.24) is 10.2 Å². The molecule has 66 valence electrons. The van der Waals surface area contributed by atoms with Gasteiger partial charge in [-0.15, -0.1) is 0 Å². The molecule has 3 heteroatoms. The highest BCUT2D eigenvalue weighted by Gasteiger charge is 2.31. The predicted molar refractivity (Wildman–Crippen MR) is 57.1 cm³/mol. The molecule has 0 aromatic carbocycles. The number of rotatable bonds is 1. The molecule has 2 nitrogen and oxygen atoms in total. The van der Waals surface area contributed by atoms with E-state index in [4.69, 9.17) is 0 Å². The molecule has 1 aliphatic heterocycles. The maximum absolute atomic E-state index is 3.40. The van der Waals surface area contributed by atoms with E-state index in [0.29, 0.717) is 5.54 Å². The monoisotopic (exact) mass is 268 g/mol. The third-order valence-electron chi connectivity index (χ3n) is 2.14. The van der Waals surface area contributed by atoms with Crippen LogP contribution >= 0.6 is 22.6 Å². The minimum Gasteiger partial charge on any atom is -0.303 e. The Labute approximate surface area is 82.9 Å². The molecule has 1 atom stereocenters. The van der Waals surface area contributed by atoms with Crippen LogP contribution in [0.15, 0.2) is 0 Å². The SMILES string of the molecule is CC(C)(C)N1CNCC1CI. The Hall–Kier alpha value is 0.650. The molecule has 0 aromatic rings. The second kappa shape index (κ2) is 3.58. The molecule has 1 aliphatic rings. The summed E-state index contributed by atoms with van der Waals surface area (Å²) in [5.74, 6) is 0. The van der Waals surface area contributed by atoms with Gasteiger partial charge < -0.3 is 5.32 Å². The van der Waals surface area contributed by atoms with Crippen molar-refractivity contribution in [3.05, 3.63) is 0 Å². The molecular weight excluding hydrogens is 251 g/mol. The van der Waals surface area contributed by atoms with Crippen LogP contribution in [0, 0.1) is 0 Å². The number of alkyl halides is 1. The van der Waals surface area contributed by atoms with Gasteiger partial charge in [0.2, 0.25) is 0 Å². The molecule has 0 spiro atoms. The predicted octanol–water partition coefficient (Wildman–Crippen LogP) is 1.45. The summed E-state index contributed by atoms with van der Waals surface area (Å²) in [7, 11) is 0. The first-order valence-corrected chi connectivity index (χ1v) is 5.61. The zero-order chi connectivity index (χ0) is 8.48. The van der Waals surface area contributed by atoms with E-state index in [1.807, 2.05) is 0 Å². The van der Waals surface area contributed by atoms with E-state index in [2.05, 4.69) is 53.6 Å². The molecular formula is C8H17IN2. The molecule has 0 aliphatic carbocycles. The highest BCUT2D eigenvalue weighted by Crippen LogP contribution is 2.19. The number of halogens is 1. The van der Waals surface area contributed by atoms with Crippen LogP contribution in [-0.2, 0) is 0 Å². The van der Waals surface area contributed by atoms with Crippen molar-refractivity contribution >= 4 is 22.6 Å². The average molecular weight is 268 g/mol. The van der Waals surface area contributed by atoms with Gasteiger partial charge in [-0.2, -0.15) is 0 Å². The lowest BCUT2D eigenvalue weighted by molar-refractivity contribution is 0.135.